The van der Waals surface area contributed by atoms with Crippen LogP contribution in [0.15, 0.2) is 28.7 Å². The van der Waals surface area contributed by atoms with E-state index < -0.39 is 0 Å². The van der Waals surface area contributed by atoms with Crippen LogP contribution in [0, 0.1) is 0 Å². The quantitative estimate of drug-likeness (QED) is 0.915. The lowest BCUT2D eigenvalue weighted by Crippen LogP contribution is -2.31. The van der Waals surface area contributed by atoms with Gasteiger partial charge in [-0.15, -0.1) is 0 Å². The van der Waals surface area contributed by atoms with Gasteiger partial charge in [-0.05, 0) is 44.5 Å². The van der Waals surface area contributed by atoms with E-state index in [1.807, 2.05) is 0 Å². The highest BCUT2D eigenvalue weighted by molar-refractivity contribution is 9.10. The number of halogens is 1. The first-order valence-electron chi connectivity index (χ1n) is 5.91. The SMILES string of the molecule is CC(C)N1CCC(Nc2ccc(Br)cc2)C1. The summed E-state index contributed by atoms with van der Waals surface area (Å²) >= 11 is 3.45. The fourth-order valence-corrected chi connectivity index (χ4v) is 2.42. The third-order valence-electron chi connectivity index (χ3n) is 3.16. The number of likely N-dealkylation sites (tertiary alicyclic amines) is 1. The summed E-state index contributed by atoms with van der Waals surface area (Å²) in [6, 6.07) is 9.68. The van der Waals surface area contributed by atoms with Crippen molar-refractivity contribution in [1.82, 2.24) is 4.90 Å². The van der Waals surface area contributed by atoms with Crippen LogP contribution < -0.4 is 5.32 Å². The van der Waals surface area contributed by atoms with E-state index in [4.69, 9.17) is 0 Å². The highest BCUT2D eigenvalue weighted by Gasteiger charge is 2.23. The van der Waals surface area contributed by atoms with Gasteiger partial charge in [0.1, 0.15) is 0 Å². The summed E-state index contributed by atoms with van der Waals surface area (Å²) in [6.07, 6.45) is 1.24. The van der Waals surface area contributed by atoms with Gasteiger partial charge < -0.3 is 5.32 Å². The fourth-order valence-electron chi connectivity index (χ4n) is 2.16. The summed E-state index contributed by atoms with van der Waals surface area (Å²) in [5, 5.41) is 3.59. The summed E-state index contributed by atoms with van der Waals surface area (Å²) in [7, 11) is 0. The molecule has 1 atom stereocenters. The van der Waals surface area contributed by atoms with E-state index in [0.29, 0.717) is 12.1 Å². The molecule has 1 aromatic rings. The second-order valence-electron chi connectivity index (χ2n) is 4.73. The molecule has 0 spiro atoms. The highest BCUT2D eigenvalue weighted by atomic mass is 79.9. The number of hydrogen-bond donors (Lipinski definition) is 1. The molecular formula is C13H19BrN2. The molecule has 1 heterocycles. The molecule has 1 unspecified atom stereocenters. The van der Waals surface area contributed by atoms with Crippen LogP contribution in [0.1, 0.15) is 20.3 Å². The summed E-state index contributed by atoms with van der Waals surface area (Å²) in [5.41, 5.74) is 1.22. The molecule has 88 valence electrons. The molecule has 0 saturated carbocycles. The van der Waals surface area contributed by atoms with Gasteiger partial charge in [0.15, 0.2) is 0 Å². The zero-order valence-corrected chi connectivity index (χ0v) is 11.5. The van der Waals surface area contributed by atoms with Crippen LogP contribution in [-0.2, 0) is 0 Å². The van der Waals surface area contributed by atoms with Crippen molar-refractivity contribution in [2.24, 2.45) is 0 Å². The number of nitrogens with one attached hydrogen (secondary N) is 1. The van der Waals surface area contributed by atoms with Gasteiger partial charge in [0.05, 0.1) is 0 Å². The molecule has 0 radical (unpaired) electrons. The van der Waals surface area contributed by atoms with Crippen LogP contribution in [0.25, 0.3) is 0 Å². The highest BCUT2D eigenvalue weighted by Crippen LogP contribution is 2.19. The lowest BCUT2D eigenvalue weighted by Gasteiger charge is -2.20. The maximum atomic E-state index is 3.59. The zero-order chi connectivity index (χ0) is 11.5. The van der Waals surface area contributed by atoms with Crippen molar-refractivity contribution < 1.29 is 0 Å². The number of nitrogens with zero attached hydrogens (tertiary/aromatic N) is 1. The molecule has 0 aromatic heterocycles. The Morgan fingerprint density at radius 3 is 2.56 bits per heavy atom. The van der Waals surface area contributed by atoms with Crippen molar-refractivity contribution in [3.8, 4) is 0 Å². The van der Waals surface area contributed by atoms with Gasteiger partial charge in [-0.1, -0.05) is 15.9 Å². The molecule has 0 aliphatic carbocycles. The molecule has 0 amide bonds. The third-order valence-corrected chi connectivity index (χ3v) is 3.69. The summed E-state index contributed by atoms with van der Waals surface area (Å²) in [4.78, 5) is 2.52. The van der Waals surface area contributed by atoms with Crippen LogP contribution in [0.5, 0.6) is 0 Å². The molecule has 1 N–H and O–H groups in total. The predicted octanol–water partition coefficient (Wildman–Crippen LogP) is 3.34. The molecule has 1 aromatic carbocycles. The summed E-state index contributed by atoms with van der Waals surface area (Å²) < 4.78 is 1.13. The molecule has 1 aliphatic rings. The van der Waals surface area contributed by atoms with Crippen LogP contribution in [0.3, 0.4) is 0 Å². The Labute approximate surface area is 106 Å². The van der Waals surface area contributed by atoms with Gasteiger partial charge >= 0.3 is 0 Å². The minimum Gasteiger partial charge on any atom is -0.381 e. The van der Waals surface area contributed by atoms with Crippen molar-refractivity contribution in [3.05, 3.63) is 28.7 Å². The molecular weight excluding hydrogens is 264 g/mol. The van der Waals surface area contributed by atoms with Gasteiger partial charge in [-0.3, -0.25) is 4.90 Å². The molecule has 2 rings (SSSR count). The lowest BCUT2D eigenvalue weighted by molar-refractivity contribution is 0.274. The molecule has 2 nitrogen and oxygen atoms in total. The smallest absolute Gasteiger partial charge is 0.0400 e. The molecule has 1 saturated heterocycles. The van der Waals surface area contributed by atoms with Crippen molar-refractivity contribution in [2.75, 3.05) is 18.4 Å². The van der Waals surface area contributed by atoms with Crippen molar-refractivity contribution in [1.29, 1.82) is 0 Å². The largest absolute Gasteiger partial charge is 0.381 e. The number of rotatable bonds is 3. The second-order valence-corrected chi connectivity index (χ2v) is 5.64. The van der Waals surface area contributed by atoms with E-state index in [1.54, 1.807) is 0 Å². The monoisotopic (exact) mass is 282 g/mol. The Kier molecular flexibility index (Phi) is 3.87. The van der Waals surface area contributed by atoms with E-state index in [9.17, 15) is 0 Å². The minimum atomic E-state index is 0.601. The standard InChI is InChI=1S/C13H19BrN2/c1-10(2)16-8-7-13(9-16)15-12-5-3-11(14)4-6-12/h3-6,10,13,15H,7-9H2,1-2H3. The molecule has 3 heteroatoms. The first-order chi connectivity index (χ1) is 7.65. The van der Waals surface area contributed by atoms with Crippen molar-refractivity contribution >= 4 is 21.6 Å². The summed E-state index contributed by atoms with van der Waals surface area (Å²) in [6.45, 7) is 6.91. The van der Waals surface area contributed by atoms with E-state index in [-0.39, 0.29) is 0 Å². The van der Waals surface area contributed by atoms with Gasteiger partial charge in [-0.2, -0.15) is 0 Å². The van der Waals surface area contributed by atoms with Crippen LogP contribution in [-0.4, -0.2) is 30.1 Å². The molecule has 0 bridgehead atoms. The third kappa shape index (κ3) is 2.98. The number of hydrogen-bond acceptors (Lipinski definition) is 2. The van der Waals surface area contributed by atoms with Crippen LogP contribution >= 0.6 is 15.9 Å². The number of benzene rings is 1. The maximum absolute atomic E-state index is 3.59. The first-order valence-corrected chi connectivity index (χ1v) is 6.70. The Morgan fingerprint density at radius 2 is 2.00 bits per heavy atom. The average molecular weight is 283 g/mol. The second kappa shape index (κ2) is 5.19. The maximum Gasteiger partial charge on any atom is 0.0400 e. The first kappa shape index (κ1) is 11.9. The van der Waals surface area contributed by atoms with Gasteiger partial charge in [0.25, 0.3) is 0 Å². The zero-order valence-electron chi connectivity index (χ0n) is 9.91. The van der Waals surface area contributed by atoms with E-state index >= 15 is 0 Å². The van der Waals surface area contributed by atoms with Crippen LogP contribution in [0.2, 0.25) is 0 Å². The topological polar surface area (TPSA) is 15.3 Å². The normalized spacial score (nSPS) is 21.6. The number of anilines is 1. The van der Waals surface area contributed by atoms with Gasteiger partial charge in [0, 0.05) is 35.3 Å². The molecule has 1 aliphatic heterocycles. The van der Waals surface area contributed by atoms with E-state index in [2.05, 4.69) is 64.3 Å². The van der Waals surface area contributed by atoms with Gasteiger partial charge in [0.2, 0.25) is 0 Å². The van der Waals surface area contributed by atoms with E-state index in [1.165, 1.54) is 18.7 Å². The van der Waals surface area contributed by atoms with Gasteiger partial charge in [-0.25, -0.2) is 0 Å². The Balaban J connectivity index is 1.89. The Morgan fingerprint density at radius 1 is 1.31 bits per heavy atom. The van der Waals surface area contributed by atoms with Crippen molar-refractivity contribution in [3.63, 3.8) is 0 Å². The van der Waals surface area contributed by atoms with E-state index in [0.717, 1.165) is 11.0 Å². The Bertz CT molecular complexity index is 334. The average Bonchev–Trinajstić information content (AvgIpc) is 2.70. The predicted molar refractivity (Wildman–Crippen MR) is 72.9 cm³/mol. The van der Waals surface area contributed by atoms with Crippen molar-refractivity contribution in [2.45, 2.75) is 32.4 Å². The molecule has 16 heavy (non-hydrogen) atoms. The van der Waals surface area contributed by atoms with Crippen LogP contribution in [0.4, 0.5) is 5.69 Å². The fraction of sp³-hybridized carbons (Fsp3) is 0.538. The summed E-state index contributed by atoms with van der Waals surface area (Å²) in [5.74, 6) is 0. The lowest BCUT2D eigenvalue weighted by atomic mass is 10.2. The Hall–Kier alpha value is -0.540. The molecule has 1 fully saturated rings. The minimum absolute atomic E-state index is 0.601.